The average Bonchev–Trinajstić information content (AvgIpc) is 3.32. The smallest absolute Gasteiger partial charge is 0.254 e. The molecule has 0 aliphatic carbocycles. The molecule has 5 rings (SSSR count). The number of hydrogen-bond donors (Lipinski definition) is 2. The first-order chi connectivity index (χ1) is 18.4. The van der Waals surface area contributed by atoms with E-state index >= 15 is 0 Å². The lowest BCUT2D eigenvalue weighted by molar-refractivity contribution is 0.0460. The zero-order chi connectivity index (χ0) is 26.6. The van der Waals surface area contributed by atoms with Gasteiger partial charge in [0, 0.05) is 73.2 Å². The summed E-state index contributed by atoms with van der Waals surface area (Å²) in [5, 5.41) is 3.32. The van der Waals surface area contributed by atoms with E-state index < -0.39 is 0 Å². The average molecular weight is 534 g/mol. The highest BCUT2D eigenvalue weighted by Crippen LogP contribution is 2.31. The van der Waals surface area contributed by atoms with Crippen LogP contribution in [0.4, 0.5) is 17.5 Å². The molecule has 3 aromatic rings. The third-order valence-electron chi connectivity index (χ3n) is 6.98. The molecule has 0 unspecified atom stereocenters. The minimum Gasteiger partial charge on any atom is -0.491 e. The van der Waals surface area contributed by atoms with Crippen LogP contribution < -0.4 is 14.8 Å². The van der Waals surface area contributed by atoms with Crippen molar-refractivity contribution in [1.29, 1.82) is 0 Å². The molecule has 2 N–H and O–H groups in total. The molecule has 0 spiro atoms. The topological polar surface area (TPSA) is 95.5 Å². The summed E-state index contributed by atoms with van der Waals surface area (Å²) in [5.41, 5.74) is 3.81. The largest absolute Gasteiger partial charge is 0.491 e. The molecule has 0 saturated carbocycles. The Bertz CT molecular complexity index is 1290. The highest BCUT2D eigenvalue weighted by molar-refractivity contribution is 7.99. The van der Waals surface area contributed by atoms with E-state index in [-0.39, 0.29) is 18.1 Å². The SMILES string of the molecule is CSNc1cc(C(=O)N2CC[C@@H](N3Cc4cnc(Nc5cccc(OC(C)C)c5)nc4C3)C[C@H]2C)ccn1. The Hall–Kier alpha value is -3.37. The monoisotopic (exact) mass is 533 g/mol. The van der Waals surface area contributed by atoms with E-state index in [0.29, 0.717) is 23.4 Å². The zero-order valence-electron chi connectivity index (χ0n) is 22.3. The molecule has 2 aromatic heterocycles. The van der Waals surface area contributed by atoms with E-state index in [0.717, 1.165) is 49.6 Å². The summed E-state index contributed by atoms with van der Waals surface area (Å²) in [6.07, 6.45) is 7.54. The maximum Gasteiger partial charge on any atom is 0.254 e. The number of nitrogens with zero attached hydrogens (tertiary/aromatic N) is 5. The van der Waals surface area contributed by atoms with Gasteiger partial charge in [-0.25, -0.2) is 15.0 Å². The van der Waals surface area contributed by atoms with Crippen molar-refractivity contribution in [3.05, 3.63) is 65.6 Å². The predicted octanol–water partition coefficient (Wildman–Crippen LogP) is 5.10. The van der Waals surface area contributed by atoms with Crippen molar-refractivity contribution >= 4 is 35.3 Å². The van der Waals surface area contributed by atoms with Gasteiger partial charge in [0.25, 0.3) is 5.91 Å². The van der Waals surface area contributed by atoms with Crippen molar-refractivity contribution in [2.24, 2.45) is 0 Å². The van der Waals surface area contributed by atoms with Crippen LogP contribution >= 0.6 is 11.9 Å². The first-order valence-corrected chi connectivity index (χ1v) is 14.3. The number of likely N-dealkylation sites (tertiary alicyclic amines) is 1. The van der Waals surface area contributed by atoms with E-state index in [1.54, 1.807) is 12.3 Å². The van der Waals surface area contributed by atoms with Gasteiger partial charge in [0.05, 0.1) is 11.8 Å². The van der Waals surface area contributed by atoms with E-state index in [4.69, 9.17) is 9.72 Å². The fourth-order valence-electron chi connectivity index (χ4n) is 5.22. The molecule has 2 aliphatic heterocycles. The normalized spacial score (nSPS) is 19.3. The van der Waals surface area contributed by atoms with Crippen molar-refractivity contribution in [1.82, 2.24) is 24.8 Å². The third kappa shape index (κ3) is 6.02. The summed E-state index contributed by atoms with van der Waals surface area (Å²) in [5.74, 6) is 2.18. The maximum atomic E-state index is 13.3. The molecule has 1 amide bonds. The number of piperidine rings is 1. The molecule has 200 valence electrons. The van der Waals surface area contributed by atoms with Crippen LogP contribution in [0.1, 0.15) is 55.2 Å². The highest BCUT2D eigenvalue weighted by Gasteiger charge is 2.35. The molecule has 2 atom stereocenters. The molecule has 38 heavy (non-hydrogen) atoms. The fourth-order valence-corrected chi connectivity index (χ4v) is 5.54. The van der Waals surface area contributed by atoms with E-state index in [9.17, 15) is 4.79 Å². The molecule has 10 heteroatoms. The van der Waals surface area contributed by atoms with Gasteiger partial charge in [0.2, 0.25) is 5.95 Å². The summed E-state index contributed by atoms with van der Waals surface area (Å²) >= 11 is 1.46. The number of carbonyl (C=O) groups excluding carboxylic acids is 1. The summed E-state index contributed by atoms with van der Waals surface area (Å²) < 4.78 is 8.90. The summed E-state index contributed by atoms with van der Waals surface area (Å²) in [6.45, 7) is 8.54. The lowest BCUT2D eigenvalue weighted by Crippen LogP contribution is -2.50. The third-order valence-corrected chi connectivity index (χ3v) is 7.39. The second-order valence-corrected chi connectivity index (χ2v) is 10.8. The number of rotatable bonds is 8. The summed E-state index contributed by atoms with van der Waals surface area (Å²) in [4.78, 5) is 31.4. The van der Waals surface area contributed by atoms with Crippen LogP contribution in [-0.2, 0) is 13.1 Å². The number of nitrogens with one attached hydrogen (secondary N) is 2. The van der Waals surface area contributed by atoms with Crippen LogP contribution in [0, 0.1) is 0 Å². The Labute approximate surface area is 228 Å². The molecular formula is C28H35N7O2S. The Balaban J connectivity index is 1.19. The Kier molecular flexibility index (Phi) is 7.99. The molecule has 0 radical (unpaired) electrons. The number of pyridine rings is 1. The maximum absolute atomic E-state index is 13.3. The van der Waals surface area contributed by atoms with Crippen molar-refractivity contribution in [2.75, 3.05) is 22.8 Å². The van der Waals surface area contributed by atoms with Crippen LogP contribution in [-0.4, -0.2) is 61.6 Å². The number of anilines is 3. The highest BCUT2D eigenvalue weighted by atomic mass is 32.2. The summed E-state index contributed by atoms with van der Waals surface area (Å²) in [6, 6.07) is 12.0. The van der Waals surface area contributed by atoms with Crippen molar-refractivity contribution < 1.29 is 9.53 Å². The number of aromatic nitrogens is 3. The molecule has 1 saturated heterocycles. The standard InChI is InChI=1S/C28H35N7O2S/c1-18(2)37-24-7-5-6-22(14-24)31-28-30-15-21-16-34(17-25(21)32-28)23-9-11-35(19(3)12-23)27(36)20-8-10-29-26(13-20)33-38-4/h5-8,10,13-15,18-19,23H,9,11-12,16-17H2,1-4H3,(H,29,33)(H,30,31,32)/t19-,23-/m1/s1. The number of benzene rings is 1. The van der Waals surface area contributed by atoms with Gasteiger partial charge in [-0.2, -0.15) is 0 Å². The van der Waals surface area contributed by atoms with Crippen molar-refractivity contribution in [3.63, 3.8) is 0 Å². The van der Waals surface area contributed by atoms with Crippen LogP contribution in [0.15, 0.2) is 48.8 Å². The van der Waals surface area contributed by atoms with E-state index in [2.05, 4.69) is 31.8 Å². The molecule has 4 heterocycles. The van der Waals surface area contributed by atoms with E-state index in [1.807, 2.05) is 61.5 Å². The first-order valence-electron chi connectivity index (χ1n) is 13.1. The molecule has 0 bridgehead atoms. The van der Waals surface area contributed by atoms with Gasteiger partial charge in [-0.15, -0.1) is 0 Å². The number of hydrogen-bond acceptors (Lipinski definition) is 9. The van der Waals surface area contributed by atoms with Gasteiger partial charge in [-0.3, -0.25) is 9.69 Å². The van der Waals surface area contributed by atoms with Gasteiger partial charge < -0.3 is 19.7 Å². The molecule has 9 nitrogen and oxygen atoms in total. The Morgan fingerprint density at radius 3 is 2.84 bits per heavy atom. The molecule has 1 aromatic carbocycles. The second-order valence-electron chi connectivity index (χ2n) is 10.2. The summed E-state index contributed by atoms with van der Waals surface area (Å²) in [7, 11) is 0. The number of carbonyl (C=O) groups is 1. The minimum absolute atomic E-state index is 0.0663. The second kappa shape index (κ2) is 11.6. The number of ether oxygens (including phenoxy) is 1. The predicted molar refractivity (Wildman–Crippen MR) is 152 cm³/mol. The van der Waals surface area contributed by atoms with Crippen LogP contribution in [0.25, 0.3) is 0 Å². The van der Waals surface area contributed by atoms with Gasteiger partial charge in [0.1, 0.15) is 11.6 Å². The van der Waals surface area contributed by atoms with Crippen LogP contribution in [0.5, 0.6) is 5.75 Å². The quantitative estimate of drug-likeness (QED) is 0.383. The molecule has 1 fully saturated rings. The molecule has 2 aliphatic rings. The van der Waals surface area contributed by atoms with Gasteiger partial charge in [0.15, 0.2) is 0 Å². The fraction of sp³-hybridized carbons (Fsp3) is 0.429. The lowest BCUT2D eigenvalue weighted by Gasteiger charge is -2.41. The van der Waals surface area contributed by atoms with Crippen LogP contribution in [0.3, 0.4) is 0 Å². The van der Waals surface area contributed by atoms with Gasteiger partial charge in [-0.05, 0) is 57.9 Å². The first kappa shape index (κ1) is 26.2. The van der Waals surface area contributed by atoms with Gasteiger partial charge >= 0.3 is 0 Å². The van der Waals surface area contributed by atoms with Crippen molar-refractivity contribution in [2.45, 2.75) is 64.9 Å². The number of amides is 1. The van der Waals surface area contributed by atoms with E-state index in [1.165, 1.54) is 17.5 Å². The Morgan fingerprint density at radius 2 is 2.05 bits per heavy atom. The van der Waals surface area contributed by atoms with Crippen molar-refractivity contribution in [3.8, 4) is 5.75 Å². The number of fused-ring (bicyclic) bond motifs is 1. The van der Waals surface area contributed by atoms with Crippen LogP contribution in [0.2, 0.25) is 0 Å². The Morgan fingerprint density at radius 1 is 1.18 bits per heavy atom. The molecular weight excluding hydrogens is 498 g/mol. The minimum atomic E-state index is 0.0663. The zero-order valence-corrected chi connectivity index (χ0v) is 23.2. The lowest BCUT2D eigenvalue weighted by atomic mass is 9.96. The van der Waals surface area contributed by atoms with Gasteiger partial charge in [-0.1, -0.05) is 18.0 Å².